The smallest absolute Gasteiger partial charge is 0.269 e. The van der Waals surface area contributed by atoms with Crippen molar-refractivity contribution in [3.63, 3.8) is 0 Å². The van der Waals surface area contributed by atoms with Crippen LogP contribution in [0.4, 0.5) is 10.1 Å². The summed E-state index contributed by atoms with van der Waals surface area (Å²) >= 11 is 0. The number of nitro benzene ring substituents is 1. The maximum absolute atomic E-state index is 13.2. The van der Waals surface area contributed by atoms with Gasteiger partial charge in [0.2, 0.25) is 0 Å². The second-order valence-corrected chi connectivity index (χ2v) is 5.92. The van der Waals surface area contributed by atoms with Crippen LogP contribution < -0.4 is 15.4 Å². The van der Waals surface area contributed by atoms with Crippen LogP contribution in [-0.2, 0) is 6.54 Å². The number of nitro groups is 1. The van der Waals surface area contributed by atoms with Crippen LogP contribution in [0.25, 0.3) is 0 Å². The lowest BCUT2D eigenvalue weighted by atomic mass is 10.2. The molecule has 158 valence electrons. The summed E-state index contributed by atoms with van der Waals surface area (Å²) in [6.45, 7) is 3.02. The summed E-state index contributed by atoms with van der Waals surface area (Å²) < 4.78 is 18.6. The van der Waals surface area contributed by atoms with Crippen LogP contribution in [0.5, 0.6) is 5.75 Å². The average molecular weight is 518 g/mol. The molecule has 3 N–H and O–H groups in total. The molecule has 2 aromatic carbocycles. The Bertz CT molecular complexity index is 805. The monoisotopic (exact) mass is 518 g/mol. The summed E-state index contributed by atoms with van der Waals surface area (Å²) in [5.74, 6) is 0.599. The largest absolute Gasteiger partial charge is 0.491 e. The molecule has 10 heteroatoms. The Morgan fingerprint density at radius 1 is 1.28 bits per heavy atom. The van der Waals surface area contributed by atoms with E-state index >= 15 is 0 Å². The Labute approximate surface area is 185 Å². The second kappa shape index (κ2) is 12.9. The molecule has 0 aliphatic carbocycles. The molecule has 29 heavy (non-hydrogen) atoms. The Morgan fingerprint density at radius 2 is 2.00 bits per heavy atom. The van der Waals surface area contributed by atoms with Gasteiger partial charge in [0.05, 0.1) is 11.5 Å². The number of hydrogen-bond acceptors (Lipinski definition) is 5. The lowest BCUT2D eigenvalue weighted by Gasteiger charge is -2.16. The van der Waals surface area contributed by atoms with Crippen LogP contribution in [-0.4, -0.2) is 41.8 Å². The third-order valence-corrected chi connectivity index (χ3v) is 3.65. The number of rotatable bonds is 9. The molecule has 1 unspecified atom stereocenters. The molecule has 0 saturated heterocycles. The fourth-order valence-electron chi connectivity index (χ4n) is 2.28. The van der Waals surface area contributed by atoms with Crippen LogP contribution in [0, 0.1) is 15.9 Å². The molecule has 0 aromatic heterocycles. The first-order valence-electron chi connectivity index (χ1n) is 8.80. The molecule has 0 saturated carbocycles. The number of aliphatic hydroxyl groups excluding tert-OH is 1. The van der Waals surface area contributed by atoms with Crippen LogP contribution >= 0.6 is 24.0 Å². The predicted octanol–water partition coefficient (Wildman–Crippen LogP) is 2.85. The van der Waals surface area contributed by atoms with Gasteiger partial charge in [-0.15, -0.1) is 24.0 Å². The van der Waals surface area contributed by atoms with Gasteiger partial charge < -0.3 is 20.5 Å². The standard InChI is InChI=1S/C19H23FN4O4.HI/c1-2-21-19(22-11-14-4-3-5-15(20)10-14)23-12-17(25)13-28-18-8-6-16(7-9-18)24(26)27;/h3-10,17,25H,2,11-13H2,1H3,(H2,21,22,23);1H. The lowest BCUT2D eigenvalue weighted by molar-refractivity contribution is -0.384. The fourth-order valence-corrected chi connectivity index (χ4v) is 2.28. The van der Waals surface area contributed by atoms with Gasteiger partial charge in [-0.2, -0.15) is 0 Å². The number of halogens is 2. The summed E-state index contributed by atoms with van der Waals surface area (Å²) in [5, 5.41) is 26.7. The molecular formula is C19H24FIN4O4. The maximum Gasteiger partial charge on any atom is 0.269 e. The normalized spacial score (nSPS) is 11.9. The van der Waals surface area contributed by atoms with E-state index < -0.39 is 11.0 Å². The van der Waals surface area contributed by atoms with Gasteiger partial charge in [-0.25, -0.2) is 9.38 Å². The Balaban J connectivity index is 0.00000420. The van der Waals surface area contributed by atoms with E-state index in [1.54, 1.807) is 12.1 Å². The zero-order chi connectivity index (χ0) is 20.4. The lowest BCUT2D eigenvalue weighted by Crippen LogP contribution is -2.42. The minimum absolute atomic E-state index is 0. The van der Waals surface area contributed by atoms with E-state index in [9.17, 15) is 19.6 Å². The number of guanidine groups is 1. The Hall–Kier alpha value is -2.47. The third-order valence-electron chi connectivity index (χ3n) is 3.65. The molecule has 0 aliphatic rings. The summed E-state index contributed by atoms with van der Waals surface area (Å²) in [4.78, 5) is 14.5. The van der Waals surface area contributed by atoms with Crippen molar-refractivity contribution in [2.45, 2.75) is 19.6 Å². The van der Waals surface area contributed by atoms with Crippen molar-refractivity contribution in [2.24, 2.45) is 4.99 Å². The van der Waals surface area contributed by atoms with Gasteiger partial charge in [-0.1, -0.05) is 12.1 Å². The van der Waals surface area contributed by atoms with Gasteiger partial charge >= 0.3 is 0 Å². The quantitative estimate of drug-likeness (QED) is 0.155. The minimum Gasteiger partial charge on any atom is -0.491 e. The molecule has 2 rings (SSSR count). The Kier molecular flexibility index (Phi) is 10.9. The number of nitrogens with one attached hydrogen (secondary N) is 2. The van der Waals surface area contributed by atoms with Crippen molar-refractivity contribution < 1.29 is 19.2 Å². The maximum atomic E-state index is 13.2. The van der Waals surface area contributed by atoms with Crippen molar-refractivity contribution in [2.75, 3.05) is 19.7 Å². The molecule has 0 spiro atoms. The van der Waals surface area contributed by atoms with Gasteiger partial charge in [0.25, 0.3) is 5.69 Å². The molecule has 0 bridgehead atoms. The number of ether oxygens (including phenoxy) is 1. The zero-order valence-corrected chi connectivity index (χ0v) is 18.2. The van der Waals surface area contributed by atoms with Gasteiger partial charge in [0, 0.05) is 25.2 Å². The molecule has 0 heterocycles. The SMILES string of the molecule is CCNC(=NCc1cccc(F)c1)NCC(O)COc1ccc([N+](=O)[O-])cc1.I. The molecule has 0 aliphatic heterocycles. The molecule has 0 amide bonds. The highest BCUT2D eigenvalue weighted by molar-refractivity contribution is 14.0. The topological polar surface area (TPSA) is 109 Å². The van der Waals surface area contributed by atoms with E-state index in [0.29, 0.717) is 24.8 Å². The molecule has 0 fully saturated rings. The predicted molar refractivity (Wildman–Crippen MR) is 119 cm³/mol. The number of benzene rings is 2. The van der Waals surface area contributed by atoms with Gasteiger partial charge in [0.15, 0.2) is 5.96 Å². The summed E-state index contributed by atoms with van der Waals surface area (Å²) in [6, 6.07) is 11.8. The zero-order valence-electron chi connectivity index (χ0n) is 15.9. The van der Waals surface area contributed by atoms with E-state index in [4.69, 9.17) is 4.74 Å². The summed E-state index contributed by atoms with van der Waals surface area (Å²) in [5.41, 5.74) is 0.707. The third kappa shape index (κ3) is 9.05. The van der Waals surface area contributed by atoms with Crippen LogP contribution in [0.1, 0.15) is 12.5 Å². The van der Waals surface area contributed by atoms with Gasteiger partial charge in [-0.05, 0) is 36.8 Å². The van der Waals surface area contributed by atoms with Crippen molar-refractivity contribution in [1.29, 1.82) is 0 Å². The number of aliphatic hydroxyl groups is 1. The summed E-state index contributed by atoms with van der Waals surface area (Å²) in [6.07, 6.45) is -0.826. The highest BCUT2D eigenvalue weighted by Crippen LogP contribution is 2.17. The Morgan fingerprint density at radius 3 is 2.62 bits per heavy atom. The van der Waals surface area contributed by atoms with E-state index in [0.717, 1.165) is 5.56 Å². The minimum atomic E-state index is -0.826. The van der Waals surface area contributed by atoms with Crippen LogP contribution in [0.3, 0.4) is 0 Å². The van der Waals surface area contributed by atoms with Crippen molar-refractivity contribution in [3.8, 4) is 5.75 Å². The molecule has 0 radical (unpaired) electrons. The highest BCUT2D eigenvalue weighted by atomic mass is 127. The van der Waals surface area contributed by atoms with Gasteiger partial charge in [-0.3, -0.25) is 10.1 Å². The number of non-ortho nitro benzene ring substituents is 1. The first-order valence-corrected chi connectivity index (χ1v) is 8.80. The summed E-state index contributed by atoms with van der Waals surface area (Å²) in [7, 11) is 0. The van der Waals surface area contributed by atoms with Crippen molar-refractivity contribution in [1.82, 2.24) is 10.6 Å². The van der Waals surface area contributed by atoms with Crippen LogP contribution in [0.15, 0.2) is 53.5 Å². The van der Waals surface area contributed by atoms with E-state index in [1.807, 2.05) is 6.92 Å². The highest BCUT2D eigenvalue weighted by Gasteiger charge is 2.09. The van der Waals surface area contributed by atoms with E-state index in [-0.39, 0.29) is 48.6 Å². The number of hydrogen-bond donors (Lipinski definition) is 3. The second-order valence-electron chi connectivity index (χ2n) is 5.92. The average Bonchev–Trinajstić information content (AvgIpc) is 2.69. The van der Waals surface area contributed by atoms with Crippen molar-refractivity contribution in [3.05, 3.63) is 70.0 Å². The molecule has 8 nitrogen and oxygen atoms in total. The molecule has 2 aromatic rings. The number of nitrogens with zero attached hydrogens (tertiary/aromatic N) is 2. The first-order chi connectivity index (χ1) is 13.5. The molecular weight excluding hydrogens is 494 g/mol. The first kappa shape index (κ1) is 24.6. The van der Waals surface area contributed by atoms with Crippen LogP contribution in [0.2, 0.25) is 0 Å². The fraction of sp³-hybridized carbons (Fsp3) is 0.316. The van der Waals surface area contributed by atoms with E-state index in [1.165, 1.54) is 36.4 Å². The molecule has 1 atom stereocenters. The van der Waals surface area contributed by atoms with Gasteiger partial charge in [0.1, 0.15) is 24.3 Å². The van der Waals surface area contributed by atoms with Crippen molar-refractivity contribution >= 4 is 35.6 Å². The van der Waals surface area contributed by atoms with E-state index in [2.05, 4.69) is 15.6 Å². The number of aliphatic imine (C=N–C) groups is 1.